The molecule has 0 radical (unpaired) electrons. The van der Waals surface area contributed by atoms with Gasteiger partial charge in [0, 0.05) is 19.3 Å². The standard InChI is InChI=1S/C14H22N2O/c1-15-10-6-9-13(15)14(17)11-16(2)12-7-4-3-5-8-12/h6,9-10,12H,3-5,7-8,11H2,1-2H3. The highest BCUT2D eigenvalue weighted by Crippen LogP contribution is 2.21. The molecule has 3 nitrogen and oxygen atoms in total. The normalized spacial score (nSPS) is 17.6. The smallest absolute Gasteiger partial charge is 0.193 e. The average Bonchev–Trinajstić information content (AvgIpc) is 2.76. The summed E-state index contributed by atoms with van der Waals surface area (Å²) >= 11 is 0. The highest BCUT2D eigenvalue weighted by molar-refractivity contribution is 5.96. The monoisotopic (exact) mass is 234 g/mol. The van der Waals surface area contributed by atoms with E-state index in [1.807, 2.05) is 29.9 Å². The predicted molar refractivity (Wildman–Crippen MR) is 69.2 cm³/mol. The molecule has 0 unspecified atom stereocenters. The molecule has 0 aromatic carbocycles. The molecule has 1 aromatic heterocycles. The molecule has 0 amide bonds. The lowest BCUT2D eigenvalue weighted by Gasteiger charge is -2.30. The molecule has 1 aromatic rings. The van der Waals surface area contributed by atoms with Gasteiger partial charge in [0.15, 0.2) is 5.78 Å². The third kappa shape index (κ3) is 2.97. The molecule has 1 aliphatic carbocycles. The second-order valence-corrected chi connectivity index (χ2v) is 5.13. The number of likely N-dealkylation sites (N-methyl/N-ethyl adjacent to an activating group) is 1. The van der Waals surface area contributed by atoms with E-state index in [9.17, 15) is 4.79 Å². The van der Waals surface area contributed by atoms with Gasteiger partial charge in [0.2, 0.25) is 0 Å². The van der Waals surface area contributed by atoms with Crippen molar-refractivity contribution in [3.05, 3.63) is 24.0 Å². The van der Waals surface area contributed by atoms with Crippen molar-refractivity contribution < 1.29 is 4.79 Å². The molecule has 1 fully saturated rings. The van der Waals surface area contributed by atoms with Crippen LogP contribution in [0.15, 0.2) is 18.3 Å². The van der Waals surface area contributed by atoms with Crippen LogP contribution in [0, 0.1) is 0 Å². The van der Waals surface area contributed by atoms with Crippen molar-refractivity contribution in [3.8, 4) is 0 Å². The molecule has 0 bridgehead atoms. The van der Waals surface area contributed by atoms with Crippen LogP contribution >= 0.6 is 0 Å². The van der Waals surface area contributed by atoms with Crippen molar-refractivity contribution in [2.75, 3.05) is 13.6 Å². The minimum Gasteiger partial charge on any atom is -0.348 e. The van der Waals surface area contributed by atoms with Gasteiger partial charge in [-0.3, -0.25) is 9.69 Å². The van der Waals surface area contributed by atoms with Gasteiger partial charge in [-0.15, -0.1) is 0 Å². The third-order valence-electron chi connectivity index (χ3n) is 3.82. The van der Waals surface area contributed by atoms with Gasteiger partial charge in [0.25, 0.3) is 0 Å². The van der Waals surface area contributed by atoms with Gasteiger partial charge in [-0.2, -0.15) is 0 Å². The Balaban J connectivity index is 1.92. The van der Waals surface area contributed by atoms with Crippen LogP contribution in [0.1, 0.15) is 42.6 Å². The van der Waals surface area contributed by atoms with Crippen LogP contribution in [0.25, 0.3) is 0 Å². The van der Waals surface area contributed by atoms with Crippen LogP contribution in [-0.4, -0.2) is 34.9 Å². The molecular weight excluding hydrogens is 212 g/mol. The van der Waals surface area contributed by atoms with E-state index in [0.29, 0.717) is 12.6 Å². The molecule has 1 heterocycles. The van der Waals surface area contributed by atoms with E-state index in [1.165, 1.54) is 32.1 Å². The first-order chi connectivity index (χ1) is 8.18. The number of nitrogens with zero attached hydrogens (tertiary/aromatic N) is 2. The zero-order chi connectivity index (χ0) is 12.3. The SMILES string of the molecule is CN(CC(=O)c1cccn1C)C1CCCCC1. The summed E-state index contributed by atoms with van der Waals surface area (Å²) in [4.78, 5) is 14.3. The first-order valence-electron chi connectivity index (χ1n) is 6.53. The van der Waals surface area contributed by atoms with E-state index >= 15 is 0 Å². The lowest BCUT2D eigenvalue weighted by atomic mass is 9.94. The Morgan fingerprint density at radius 1 is 1.41 bits per heavy atom. The van der Waals surface area contributed by atoms with E-state index in [0.717, 1.165) is 5.69 Å². The van der Waals surface area contributed by atoms with Crippen LogP contribution < -0.4 is 0 Å². The molecule has 0 aliphatic heterocycles. The molecule has 1 aliphatic rings. The second-order valence-electron chi connectivity index (χ2n) is 5.13. The molecule has 0 atom stereocenters. The average molecular weight is 234 g/mol. The molecule has 1 saturated carbocycles. The summed E-state index contributed by atoms with van der Waals surface area (Å²) in [7, 11) is 4.00. The number of carbonyl (C=O) groups excluding carboxylic acids is 1. The summed E-state index contributed by atoms with van der Waals surface area (Å²) in [6.45, 7) is 0.544. The summed E-state index contributed by atoms with van der Waals surface area (Å²) < 4.78 is 1.90. The van der Waals surface area contributed by atoms with Gasteiger partial charge in [0.05, 0.1) is 12.2 Å². The fourth-order valence-electron chi connectivity index (χ4n) is 2.71. The van der Waals surface area contributed by atoms with Crippen LogP contribution in [-0.2, 0) is 7.05 Å². The fraction of sp³-hybridized carbons (Fsp3) is 0.643. The maximum atomic E-state index is 12.1. The summed E-state index contributed by atoms with van der Waals surface area (Å²) in [5.74, 6) is 0.227. The highest BCUT2D eigenvalue weighted by atomic mass is 16.1. The highest BCUT2D eigenvalue weighted by Gasteiger charge is 2.20. The Hall–Kier alpha value is -1.09. The van der Waals surface area contributed by atoms with E-state index in [-0.39, 0.29) is 5.78 Å². The van der Waals surface area contributed by atoms with Crippen molar-refractivity contribution in [2.24, 2.45) is 7.05 Å². The van der Waals surface area contributed by atoms with Crippen LogP contribution in [0.2, 0.25) is 0 Å². The zero-order valence-corrected chi connectivity index (χ0v) is 10.9. The first-order valence-corrected chi connectivity index (χ1v) is 6.53. The number of hydrogen-bond acceptors (Lipinski definition) is 2. The molecule has 17 heavy (non-hydrogen) atoms. The number of hydrogen-bond donors (Lipinski definition) is 0. The van der Waals surface area contributed by atoms with Crippen molar-refractivity contribution in [1.82, 2.24) is 9.47 Å². The number of aromatic nitrogens is 1. The van der Waals surface area contributed by atoms with E-state index in [2.05, 4.69) is 11.9 Å². The maximum absolute atomic E-state index is 12.1. The Labute approximate surface area is 103 Å². The van der Waals surface area contributed by atoms with Gasteiger partial charge in [-0.05, 0) is 32.0 Å². The lowest BCUT2D eigenvalue weighted by Crippen LogP contribution is -2.37. The molecule has 3 heteroatoms. The summed E-state index contributed by atoms with van der Waals surface area (Å²) in [6.07, 6.45) is 8.40. The van der Waals surface area contributed by atoms with Gasteiger partial charge in [0.1, 0.15) is 0 Å². The Bertz CT molecular complexity index is 377. The molecule has 94 valence electrons. The van der Waals surface area contributed by atoms with Gasteiger partial charge >= 0.3 is 0 Å². The molecule has 0 saturated heterocycles. The summed E-state index contributed by atoms with van der Waals surface area (Å²) in [5, 5.41) is 0. The molecule has 0 N–H and O–H groups in total. The predicted octanol–water partition coefficient (Wildman–Crippen LogP) is 2.47. The number of aryl methyl sites for hydroxylation is 1. The lowest BCUT2D eigenvalue weighted by molar-refractivity contribution is 0.0891. The maximum Gasteiger partial charge on any atom is 0.193 e. The topological polar surface area (TPSA) is 25.2 Å². The summed E-state index contributed by atoms with van der Waals surface area (Å²) in [5.41, 5.74) is 0.813. The molecule has 2 rings (SSSR count). The first kappa shape index (κ1) is 12.4. The quantitative estimate of drug-likeness (QED) is 0.748. The Morgan fingerprint density at radius 2 is 2.12 bits per heavy atom. The van der Waals surface area contributed by atoms with Gasteiger partial charge in [-0.25, -0.2) is 0 Å². The minimum atomic E-state index is 0.227. The van der Waals surface area contributed by atoms with Crippen molar-refractivity contribution >= 4 is 5.78 Å². The fourth-order valence-corrected chi connectivity index (χ4v) is 2.71. The van der Waals surface area contributed by atoms with Gasteiger partial charge < -0.3 is 4.57 Å². The van der Waals surface area contributed by atoms with E-state index in [4.69, 9.17) is 0 Å². The molecular formula is C14H22N2O. The molecule has 0 spiro atoms. The Kier molecular flexibility index (Phi) is 4.00. The zero-order valence-electron chi connectivity index (χ0n) is 10.9. The minimum absolute atomic E-state index is 0.227. The number of ketones is 1. The number of rotatable bonds is 4. The Morgan fingerprint density at radius 3 is 2.71 bits per heavy atom. The van der Waals surface area contributed by atoms with E-state index in [1.54, 1.807) is 0 Å². The van der Waals surface area contributed by atoms with Crippen LogP contribution in [0.3, 0.4) is 0 Å². The van der Waals surface area contributed by atoms with Crippen molar-refractivity contribution in [1.29, 1.82) is 0 Å². The third-order valence-corrected chi connectivity index (χ3v) is 3.82. The van der Waals surface area contributed by atoms with E-state index < -0.39 is 0 Å². The number of Topliss-reactive ketones (excluding diaryl/α,β-unsaturated/α-hetero) is 1. The van der Waals surface area contributed by atoms with Crippen LogP contribution in [0.5, 0.6) is 0 Å². The second kappa shape index (κ2) is 5.50. The van der Waals surface area contributed by atoms with Crippen molar-refractivity contribution in [3.63, 3.8) is 0 Å². The van der Waals surface area contributed by atoms with Gasteiger partial charge in [-0.1, -0.05) is 19.3 Å². The largest absolute Gasteiger partial charge is 0.348 e. The van der Waals surface area contributed by atoms with Crippen molar-refractivity contribution in [2.45, 2.75) is 38.1 Å². The summed E-state index contributed by atoms with van der Waals surface area (Å²) in [6, 6.07) is 4.43. The number of carbonyl (C=O) groups is 1. The van der Waals surface area contributed by atoms with Crippen LogP contribution in [0.4, 0.5) is 0 Å².